The van der Waals surface area contributed by atoms with Crippen LogP contribution in [0.3, 0.4) is 0 Å². The number of amidine groups is 1. The fourth-order valence-electron chi connectivity index (χ4n) is 1.61. The number of hydrogen-bond donors (Lipinski definition) is 3. The number of hydrogen-bond acceptors (Lipinski definition) is 4. The average molecular weight is 344 g/mol. The molecule has 1 amide bonds. The molecule has 0 bridgehead atoms. The molecule has 0 aliphatic heterocycles. The summed E-state index contributed by atoms with van der Waals surface area (Å²) in [6, 6.07) is 5.08. The average Bonchev–Trinajstić information content (AvgIpc) is 2.45. The van der Waals surface area contributed by atoms with Crippen molar-refractivity contribution in [2.45, 2.75) is 25.8 Å². The third kappa shape index (κ3) is 3.41. The second-order valence-electron chi connectivity index (χ2n) is 4.47. The van der Waals surface area contributed by atoms with Gasteiger partial charge in [0.25, 0.3) is 5.91 Å². The highest BCUT2D eigenvalue weighted by molar-refractivity contribution is 9.10. The summed E-state index contributed by atoms with van der Waals surface area (Å²) in [7, 11) is 1.49. The molecule has 1 aromatic carbocycles. The fraction of sp³-hybridized carbons (Fsp3) is 0.385. The molecule has 0 aromatic heterocycles. The number of amides is 1. The van der Waals surface area contributed by atoms with E-state index in [1.807, 2.05) is 6.92 Å². The van der Waals surface area contributed by atoms with Crippen LogP contribution < -0.4 is 15.8 Å². The molecule has 6 nitrogen and oxygen atoms in total. The molecule has 0 heterocycles. The number of benzene rings is 1. The van der Waals surface area contributed by atoms with E-state index in [0.717, 1.165) is 4.47 Å². The van der Waals surface area contributed by atoms with Crippen LogP contribution in [0.2, 0.25) is 0 Å². The number of carbonyl (C=O) groups excluding carboxylic acids is 1. The fourth-order valence-corrected chi connectivity index (χ4v) is 1.95. The molecule has 1 atom stereocenters. The first-order chi connectivity index (χ1) is 9.37. The lowest BCUT2D eigenvalue weighted by atomic mass is 9.96. The normalized spacial score (nSPS) is 14.5. The number of nitrogens with one attached hydrogen (secondary N) is 1. The number of rotatable bonds is 5. The lowest BCUT2D eigenvalue weighted by molar-refractivity contribution is 0.0922. The lowest BCUT2D eigenvalue weighted by Gasteiger charge is -2.28. The zero-order valence-corrected chi connectivity index (χ0v) is 13.2. The van der Waals surface area contributed by atoms with Crippen molar-refractivity contribution in [1.82, 2.24) is 5.32 Å². The van der Waals surface area contributed by atoms with Gasteiger partial charge in [-0.25, -0.2) is 0 Å². The Morgan fingerprint density at radius 2 is 2.25 bits per heavy atom. The van der Waals surface area contributed by atoms with E-state index in [9.17, 15) is 4.79 Å². The lowest BCUT2D eigenvalue weighted by Crippen LogP contribution is -2.55. The molecule has 7 heteroatoms. The highest BCUT2D eigenvalue weighted by atomic mass is 79.9. The number of nitrogens with two attached hydrogens (primary N) is 1. The maximum Gasteiger partial charge on any atom is 0.255 e. The number of carbonyl (C=O) groups is 1. The Labute approximate surface area is 126 Å². The summed E-state index contributed by atoms with van der Waals surface area (Å²) in [6.45, 7) is 3.52. The first-order valence-corrected chi connectivity index (χ1v) is 6.81. The summed E-state index contributed by atoms with van der Waals surface area (Å²) in [6.07, 6.45) is 0.480. The quantitative estimate of drug-likeness (QED) is 0.330. The van der Waals surface area contributed by atoms with Gasteiger partial charge in [0.2, 0.25) is 0 Å². The first-order valence-electron chi connectivity index (χ1n) is 6.02. The standard InChI is InChI=1S/C13H18BrN3O3/c1-4-13(2,12(15)17-19)16-11(18)9-6-5-8(14)7-10(9)20-3/h5-7,19H,4H2,1-3H3,(H2,15,17)(H,16,18). The second kappa shape index (κ2) is 6.60. The van der Waals surface area contributed by atoms with E-state index in [1.165, 1.54) is 7.11 Å². The molecule has 1 aromatic rings. The number of methoxy groups -OCH3 is 1. The molecule has 1 unspecified atom stereocenters. The van der Waals surface area contributed by atoms with Crippen molar-refractivity contribution in [1.29, 1.82) is 0 Å². The summed E-state index contributed by atoms with van der Waals surface area (Å²) in [5.74, 6) is 0.0320. The van der Waals surface area contributed by atoms with E-state index in [4.69, 9.17) is 15.7 Å². The van der Waals surface area contributed by atoms with Gasteiger partial charge in [-0.3, -0.25) is 4.79 Å². The van der Waals surface area contributed by atoms with Gasteiger partial charge >= 0.3 is 0 Å². The van der Waals surface area contributed by atoms with Crippen molar-refractivity contribution in [3.63, 3.8) is 0 Å². The molecule has 20 heavy (non-hydrogen) atoms. The van der Waals surface area contributed by atoms with Crippen LogP contribution in [-0.2, 0) is 0 Å². The molecular weight excluding hydrogens is 326 g/mol. The SMILES string of the molecule is CCC(C)(NC(=O)c1ccc(Br)cc1OC)/C(N)=N/O. The number of oxime groups is 1. The zero-order chi connectivity index (χ0) is 15.3. The van der Waals surface area contributed by atoms with Crippen LogP contribution in [0, 0.1) is 0 Å². The second-order valence-corrected chi connectivity index (χ2v) is 5.39. The molecule has 0 fully saturated rings. The molecule has 0 spiro atoms. The minimum absolute atomic E-state index is 0.0515. The molecular formula is C13H18BrN3O3. The zero-order valence-electron chi connectivity index (χ0n) is 11.6. The molecule has 0 saturated carbocycles. The van der Waals surface area contributed by atoms with Gasteiger partial charge in [0.05, 0.1) is 18.2 Å². The Balaban J connectivity index is 3.07. The topological polar surface area (TPSA) is 96.9 Å². The van der Waals surface area contributed by atoms with E-state index in [1.54, 1.807) is 25.1 Å². The van der Waals surface area contributed by atoms with Gasteiger partial charge in [-0.15, -0.1) is 0 Å². The summed E-state index contributed by atoms with van der Waals surface area (Å²) in [5.41, 5.74) is 5.08. The van der Waals surface area contributed by atoms with Gasteiger partial charge in [-0.2, -0.15) is 0 Å². The molecule has 0 saturated heterocycles. The minimum atomic E-state index is -0.927. The third-order valence-electron chi connectivity index (χ3n) is 3.18. The molecule has 1 rings (SSSR count). The Bertz CT molecular complexity index is 534. The molecule has 110 valence electrons. The van der Waals surface area contributed by atoms with Crippen molar-refractivity contribution in [2.75, 3.05) is 7.11 Å². The van der Waals surface area contributed by atoms with Gasteiger partial charge in [0.15, 0.2) is 5.84 Å². The summed E-state index contributed by atoms with van der Waals surface area (Å²) >= 11 is 3.31. The highest BCUT2D eigenvalue weighted by Gasteiger charge is 2.30. The smallest absolute Gasteiger partial charge is 0.255 e. The Hall–Kier alpha value is -1.76. The van der Waals surface area contributed by atoms with Crippen LogP contribution >= 0.6 is 15.9 Å². The predicted molar refractivity (Wildman–Crippen MR) is 80.3 cm³/mol. The third-order valence-corrected chi connectivity index (χ3v) is 3.67. The van der Waals surface area contributed by atoms with Crippen molar-refractivity contribution in [3.8, 4) is 5.75 Å². The predicted octanol–water partition coefficient (Wildman–Crippen LogP) is 2.10. The van der Waals surface area contributed by atoms with Crippen LogP contribution in [0.4, 0.5) is 0 Å². The minimum Gasteiger partial charge on any atom is -0.496 e. The molecule has 0 aliphatic carbocycles. The van der Waals surface area contributed by atoms with E-state index in [2.05, 4.69) is 26.4 Å². The van der Waals surface area contributed by atoms with E-state index >= 15 is 0 Å². The van der Waals surface area contributed by atoms with Gasteiger partial charge in [-0.1, -0.05) is 28.0 Å². The Morgan fingerprint density at radius 1 is 1.60 bits per heavy atom. The van der Waals surface area contributed by atoms with E-state index in [-0.39, 0.29) is 11.7 Å². The van der Waals surface area contributed by atoms with Gasteiger partial charge in [0.1, 0.15) is 5.75 Å². The monoisotopic (exact) mass is 343 g/mol. The van der Waals surface area contributed by atoms with Gasteiger partial charge in [0, 0.05) is 4.47 Å². The molecule has 4 N–H and O–H groups in total. The van der Waals surface area contributed by atoms with E-state index < -0.39 is 5.54 Å². The van der Waals surface area contributed by atoms with Crippen molar-refractivity contribution < 1.29 is 14.7 Å². The Kier molecular flexibility index (Phi) is 5.38. The van der Waals surface area contributed by atoms with Crippen molar-refractivity contribution >= 4 is 27.7 Å². The number of ether oxygens (including phenoxy) is 1. The maximum absolute atomic E-state index is 12.3. The van der Waals surface area contributed by atoms with Crippen molar-refractivity contribution in [3.05, 3.63) is 28.2 Å². The van der Waals surface area contributed by atoms with Crippen molar-refractivity contribution in [2.24, 2.45) is 10.9 Å². The highest BCUT2D eigenvalue weighted by Crippen LogP contribution is 2.24. The first kappa shape index (κ1) is 16.3. The Morgan fingerprint density at radius 3 is 2.75 bits per heavy atom. The molecule has 0 aliphatic rings. The largest absolute Gasteiger partial charge is 0.496 e. The van der Waals surface area contributed by atoms with E-state index in [0.29, 0.717) is 17.7 Å². The van der Waals surface area contributed by atoms with Crippen LogP contribution in [0.25, 0.3) is 0 Å². The van der Waals surface area contributed by atoms with Gasteiger partial charge < -0.3 is 21.0 Å². The summed E-state index contributed by atoms with van der Waals surface area (Å²) in [5, 5.41) is 14.5. The van der Waals surface area contributed by atoms with Crippen LogP contribution in [0.15, 0.2) is 27.8 Å². The number of nitrogens with zero attached hydrogens (tertiary/aromatic N) is 1. The summed E-state index contributed by atoms with van der Waals surface area (Å²) < 4.78 is 5.99. The maximum atomic E-state index is 12.3. The van der Waals surface area contributed by atoms with Crippen LogP contribution in [0.5, 0.6) is 5.75 Å². The molecule has 0 radical (unpaired) electrons. The van der Waals surface area contributed by atoms with Crippen LogP contribution in [0.1, 0.15) is 30.6 Å². The van der Waals surface area contributed by atoms with Crippen LogP contribution in [-0.4, -0.2) is 29.6 Å². The number of halogens is 1. The van der Waals surface area contributed by atoms with Gasteiger partial charge in [-0.05, 0) is 31.5 Å². The summed E-state index contributed by atoms with van der Waals surface area (Å²) in [4.78, 5) is 12.3.